The highest BCUT2D eigenvalue weighted by atomic mass is 16.5. The summed E-state index contributed by atoms with van der Waals surface area (Å²) in [7, 11) is 0. The molecule has 120 valence electrons. The molecule has 0 bridgehead atoms. The molecular weight excluding hydrogens is 282 g/mol. The lowest BCUT2D eigenvalue weighted by Crippen LogP contribution is -2.23. The maximum Gasteiger partial charge on any atom is 0.125 e. The van der Waals surface area contributed by atoms with Gasteiger partial charge in [0.05, 0.1) is 25.1 Å². The summed E-state index contributed by atoms with van der Waals surface area (Å²) in [6.45, 7) is 5.08. The van der Waals surface area contributed by atoms with Gasteiger partial charge in [0.2, 0.25) is 0 Å². The summed E-state index contributed by atoms with van der Waals surface area (Å²) in [4.78, 5) is 0. The van der Waals surface area contributed by atoms with E-state index >= 15 is 0 Å². The molecule has 0 spiro atoms. The predicted molar refractivity (Wildman–Crippen MR) is 83.8 cm³/mol. The van der Waals surface area contributed by atoms with Gasteiger partial charge in [0.25, 0.3) is 0 Å². The third-order valence-electron chi connectivity index (χ3n) is 4.14. The van der Waals surface area contributed by atoms with E-state index in [4.69, 9.17) is 9.15 Å². The number of hydrogen-bond donors (Lipinski definition) is 2. The fraction of sp³-hybridized carbons (Fsp3) is 0.562. The molecular formula is C16H23N3O3. The quantitative estimate of drug-likeness (QED) is 0.856. The van der Waals surface area contributed by atoms with Crippen LogP contribution in [0.3, 0.4) is 0 Å². The summed E-state index contributed by atoms with van der Waals surface area (Å²) in [5, 5.41) is 17.3. The van der Waals surface area contributed by atoms with E-state index in [0.717, 1.165) is 55.4 Å². The van der Waals surface area contributed by atoms with Gasteiger partial charge >= 0.3 is 0 Å². The number of aryl methyl sites for hydroxylation is 1. The third kappa shape index (κ3) is 3.34. The Morgan fingerprint density at radius 3 is 2.91 bits per heavy atom. The van der Waals surface area contributed by atoms with Gasteiger partial charge in [-0.25, -0.2) is 4.68 Å². The van der Waals surface area contributed by atoms with E-state index in [9.17, 15) is 5.11 Å². The van der Waals surface area contributed by atoms with Gasteiger partial charge < -0.3 is 19.6 Å². The van der Waals surface area contributed by atoms with E-state index in [-0.39, 0.29) is 6.61 Å². The number of anilines is 1. The van der Waals surface area contributed by atoms with E-state index in [1.807, 2.05) is 23.7 Å². The second kappa shape index (κ2) is 6.98. The van der Waals surface area contributed by atoms with E-state index in [2.05, 4.69) is 10.4 Å². The molecule has 2 N–H and O–H groups in total. The molecule has 0 aromatic carbocycles. The van der Waals surface area contributed by atoms with Crippen LogP contribution in [0.2, 0.25) is 0 Å². The lowest BCUT2D eigenvalue weighted by atomic mass is 10.0. The molecule has 0 unspecified atom stereocenters. The molecule has 3 rings (SSSR count). The highest BCUT2D eigenvalue weighted by Crippen LogP contribution is 2.26. The van der Waals surface area contributed by atoms with Crippen molar-refractivity contribution in [3.05, 3.63) is 24.2 Å². The van der Waals surface area contributed by atoms with Crippen molar-refractivity contribution in [2.75, 3.05) is 31.7 Å². The Bertz CT molecular complexity index is 600. The average molecular weight is 305 g/mol. The molecule has 1 aliphatic heterocycles. The number of nitrogens with one attached hydrogen (secondary N) is 1. The maximum absolute atomic E-state index is 9.23. The molecule has 1 aliphatic rings. The smallest absolute Gasteiger partial charge is 0.125 e. The number of aliphatic hydroxyl groups is 1. The first-order valence-corrected chi connectivity index (χ1v) is 7.82. The van der Waals surface area contributed by atoms with Crippen LogP contribution >= 0.6 is 0 Å². The maximum atomic E-state index is 9.23. The molecule has 0 aliphatic carbocycles. The molecule has 2 aromatic rings. The number of furan rings is 1. The highest BCUT2D eigenvalue weighted by Gasteiger charge is 2.16. The minimum atomic E-state index is 0.0669. The van der Waals surface area contributed by atoms with Crippen LogP contribution in [0.1, 0.15) is 18.6 Å². The van der Waals surface area contributed by atoms with Gasteiger partial charge in [0.1, 0.15) is 11.6 Å². The Balaban J connectivity index is 1.74. The topological polar surface area (TPSA) is 72.5 Å². The molecule has 0 radical (unpaired) electrons. The van der Waals surface area contributed by atoms with Crippen molar-refractivity contribution in [2.45, 2.75) is 26.3 Å². The van der Waals surface area contributed by atoms with Gasteiger partial charge in [0, 0.05) is 31.4 Å². The molecule has 3 heterocycles. The zero-order chi connectivity index (χ0) is 15.4. The average Bonchev–Trinajstić information content (AvgIpc) is 3.13. The summed E-state index contributed by atoms with van der Waals surface area (Å²) in [5.41, 5.74) is 1.86. The van der Waals surface area contributed by atoms with Gasteiger partial charge in [-0.2, -0.15) is 5.10 Å². The van der Waals surface area contributed by atoms with Gasteiger partial charge in [-0.15, -0.1) is 0 Å². The van der Waals surface area contributed by atoms with Crippen molar-refractivity contribution < 1.29 is 14.3 Å². The minimum absolute atomic E-state index is 0.0669. The highest BCUT2D eigenvalue weighted by molar-refractivity contribution is 5.64. The van der Waals surface area contributed by atoms with E-state index in [0.29, 0.717) is 12.5 Å². The van der Waals surface area contributed by atoms with E-state index < -0.39 is 0 Å². The van der Waals surface area contributed by atoms with Crippen molar-refractivity contribution in [3.8, 4) is 11.3 Å². The Morgan fingerprint density at radius 2 is 2.23 bits per heavy atom. The number of aliphatic hydroxyl groups excluding tert-OH is 1. The molecule has 6 heteroatoms. The SMILES string of the molecule is Cc1occc1-c1cc(NCC2CCOCC2)n(CCO)n1. The predicted octanol–water partition coefficient (Wildman–Crippen LogP) is 2.28. The first-order valence-electron chi connectivity index (χ1n) is 7.82. The van der Waals surface area contributed by atoms with Crippen LogP contribution < -0.4 is 5.32 Å². The second-order valence-electron chi connectivity index (χ2n) is 5.69. The second-order valence-corrected chi connectivity index (χ2v) is 5.69. The zero-order valence-corrected chi connectivity index (χ0v) is 12.9. The fourth-order valence-corrected chi connectivity index (χ4v) is 2.81. The zero-order valence-electron chi connectivity index (χ0n) is 12.9. The largest absolute Gasteiger partial charge is 0.469 e. The van der Waals surface area contributed by atoms with Gasteiger partial charge in [-0.1, -0.05) is 0 Å². The molecule has 0 saturated carbocycles. The molecule has 6 nitrogen and oxygen atoms in total. The van der Waals surface area contributed by atoms with E-state index in [1.54, 1.807) is 6.26 Å². The van der Waals surface area contributed by atoms with Crippen LogP contribution in [-0.4, -0.2) is 41.3 Å². The fourth-order valence-electron chi connectivity index (χ4n) is 2.81. The Morgan fingerprint density at radius 1 is 1.41 bits per heavy atom. The van der Waals surface area contributed by atoms with Crippen LogP contribution in [0.4, 0.5) is 5.82 Å². The molecule has 1 saturated heterocycles. The van der Waals surface area contributed by atoms with Gasteiger partial charge in [-0.05, 0) is 31.7 Å². The Labute approximate surface area is 130 Å². The summed E-state index contributed by atoms with van der Waals surface area (Å²) in [6, 6.07) is 3.94. The van der Waals surface area contributed by atoms with Crippen LogP contribution in [0.25, 0.3) is 11.3 Å². The first kappa shape index (κ1) is 15.1. The van der Waals surface area contributed by atoms with Crippen molar-refractivity contribution in [1.82, 2.24) is 9.78 Å². The molecule has 22 heavy (non-hydrogen) atoms. The Hall–Kier alpha value is -1.79. The van der Waals surface area contributed by atoms with Gasteiger partial charge in [-0.3, -0.25) is 0 Å². The summed E-state index contributed by atoms with van der Waals surface area (Å²) < 4.78 is 12.6. The van der Waals surface area contributed by atoms with Crippen molar-refractivity contribution >= 4 is 5.82 Å². The lowest BCUT2D eigenvalue weighted by Gasteiger charge is -2.22. The van der Waals surface area contributed by atoms with Crippen LogP contribution in [-0.2, 0) is 11.3 Å². The third-order valence-corrected chi connectivity index (χ3v) is 4.14. The minimum Gasteiger partial charge on any atom is -0.469 e. The number of rotatable bonds is 6. The monoisotopic (exact) mass is 305 g/mol. The summed E-state index contributed by atoms with van der Waals surface area (Å²) in [5.74, 6) is 2.42. The Kier molecular flexibility index (Phi) is 4.80. The number of hydrogen-bond acceptors (Lipinski definition) is 5. The number of ether oxygens (including phenoxy) is 1. The van der Waals surface area contributed by atoms with Crippen LogP contribution in [0, 0.1) is 12.8 Å². The van der Waals surface area contributed by atoms with Crippen LogP contribution in [0.15, 0.2) is 22.8 Å². The lowest BCUT2D eigenvalue weighted by molar-refractivity contribution is 0.0699. The van der Waals surface area contributed by atoms with Crippen LogP contribution in [0.5, 0.6) is 0 Å². The molecule has 1 fully saturated rings. The standard InChI is InChI=1S/C16H23N3O3/c1-12-14(4-9-22-12)15-10-16(19(18-15)5-6-20)17-11-13-2-7-21-8-3-13/h4,9-10,13,17,20H,2-3,5-8,11H2,1H3. The van der Waals surface area contributed by atoms with Crippen molar-refractivity contribution in [3.63, 3.8) is 0 Å². The number of aromatic nitrogens is 2. The van der Waals surface area contributed by atoms with Gasteiger partial charge in [0.15, 0.2) is 0 Å². The number of nitrogens with zero attached hydrogens (tertiary/aromatic N) is 2. The molecule has 2 aromatic heterocycles. The van der Waals surface area contributed by atoms with E-state index in [1.165, 1.54) is 0 Å². The first-order chi connectivity index (χ1) is 10.8. The normalized spacial score (nSPS) is 16.1. The summed E-state index contributed by atoms with van der Waals surface area (Å²) in [6.07, 6.45) is 3.86. The molecule has 0 amide bonds. The summed E-state index contributed by atoms with van der Waals surface area (Å²) >= 11 is 0. The van der Waals surface area contributed by atoms with Crippen molar-refractivity contribution in [2.24, 2.45) is 5.92 Å². The van der Waals surface area contributed by atoms with Crippen molar-refractivity contribution in [1.29, 1.82) is 0 Å². The molecule has 0 atom stereocenters.